The van der Waals surface area contributed by atoms with Gasteiger partial charge in [0, 0.05) is 24.4 Å². The molecule has 1 aliphatic carbocycles. The molecular formula is C22H27N3O2S. The number of carbonyl (C=O) groups is 1. The average molecular weight is 398 g/mol. The molecule has 1 heterocycles. The highest BCUT2D eigenvalue weighted by Gasteiger charge is 2.21. The molecule has 1 aromatic carbocycles. The van der Waals surface area contributed by atoms with E-state index in [2.05, 4.69) is 22.4 Å². The molecule has 1 N–H and O–H groups in total. The fourth-order valence-corrected chi connectivity index (χ4v) is 4.85. The Morgan fingerprint density at radius 1 is 1.32 bits per heavy atom. The Hall–Kier alpha value is -2.36. The maximum atomic E-state index is 12.5. The number of nitrogens with one attached hydrogen (secondary N) is 1. The number of ether oxygens (including phenoxy) is 1. The van der Waals surface area contributed by atoms with E-state index in [0.717, 1.165) is 47.7 Å². The number of hydrogen-bond donors (Lipinski definition) is 1. The van der Waals surface area contributed by atoms with E-state index >= 15 is 0 Å². The monoisotopic (exact) mass is 397 g/mol. The first-order valence-corrected chi connectivity index (χ1v) is 10.6. The minimum Gasteiger partial charge on any atom is -0.497 e. The summed E-state index contributed by atoms with van der Waals surface area (Å²) in [6.07, 6.45) is 5.88. The van der Waals surface area contributed by atoms with Gasteiger partial charge in [-0.2, -0.15) is 5.26 Å². The number of rotatable bonds is 7. The maximum absolute atomic E-state index is 12.5. The lowest BCUT2D eigenvalue weighted by Gasteiger charge is -2.16. The van der Waals surface area contributed by atoms with Crippen molar-refractivity contribution >= 4 is 22.2 Å². The summed E-state index contributed by atoms with van der Waals surface area (Å²) in [7, 11) is 3.66. The van der Waals surface area contributed by atoms with Gasteiger partial charge in [0.2, 0.25) is 5.91 Å². The fraction of sp³-hybridized carbons (Fsp3) is 0.455. The predicted molar refractivity (Wildman–Crippen MR) is 113 cm³/mol. The normalized spacial score (nSPS) is 13.5. The Kier molecular flexibility index (Phi) is 7.07. The quantitative estimate of drug-likeness (QED) is 0.705. The van der Waals surface area contributed by atoms with Gasteiger partial charge in [0.15, 0.2) is 0 Å². The molecular weight excluding hydrogens is 370 g/mol. The predicted octanol–water partition coefficient (Wildman–Crippen LogP) is 4.36. The Balaban J connectivity index is 1.55. The van der Waals surface area contributed by atoms with Gasteiger partial charge in [-0.25, -0.2) is 0 Å². The molecule has 1 aliphatic rings. The number of anilines is 1. The molecule has 28 heavy (non-hydrogen) atoms. The van der Waals surface area contributed by atoms with Gasteiger partial charge in [-0.15, -0.1) is 11.3 Å². The van der Waals surface area contributed by atoms with Crippen LogP contribution in [0.3, 0.4) is 0 Å². The molecule has 0 saturated carbocycles. The van der Waals surface area contributed by atoms with Crippen molar-refractivity contribution in [2.75, 3.05) is 26.0 Å². The van der Waals surface area contributed by atoms with Crippen LogP contribution in [0.5, 0.6) is 5.75 Å². The van der Waals surface area contributed by atoms with Gasteiger partial charge in [-0.1, -0.05) is 18.6 Å². The minimum absolute atomic E-state index is 0.0367. The highest BCUT2D eigenvalue weighted by atomic mass is 32.1. The van der Waals surface area contributed by atoms with E-state index in [1.807, 2.05) is 25.2 Å². The summed E-state index contributed by atoms with van der Waals surface area (Å²) in [6.45, 7) is 1.40. The standard InChI is InChI=1S/C22H27N3O2S/c1-25(15-16-7-6-8-17(13-16)27-2)12-11-21(26)24-22-19(14-23)18-9-4-3-5-10-20(18)28-22/h6-8,13H,3-5,9-12,15H2,1-2H3,(H,24,26). The van der Waals surface area contributed by atoms with E-state index in [4.69, 9.17) is 4.74 Å². The molecule has 1 amide bonds. The van der Waals surface area contributed by atoms with E-state index in [1.165, 1.54) is 17.7 Å². The van der Waals surface area contributed by atoms with E-state index in [-0.39, 0.29) is 5.91 Å². The van der Waals surface area contributed by atoms with Crippen LogP contribution in [-0.4, -0.2) is 31.5 Å². The summed E-state index contributed by atoms with van der Waals surface area (Å²) in [6, 6.07) is 10.3. The van der Waals surface area contributed by atoms with Gasteiger partial charge >= 0.3 is 0 Å². The third kappa shape index (κ3) is 5.12. The van der Waals surface area contributed by atoms with Crippen molar-refractivity contribution in [3.8, 4) is 11.8 Å². The first kappa shape index (κ1) is 20.4. The summed E-state index contributed by atoms with van der Waals surface area (Å²) < 4.78 is 5.26. The molecule has 0 spiro atoms. The molecule has 0 saturated heterocycles. The first-order valence-electron chi connectivity index (χ1n) is 9.76. The van der Waals surface area contributed by atoms with Gasteiger partial charge in [0.1, 0.15) is 16.8 Å². The van der Waals surface area contributed by atoms with Gasteiger partial charge in [-0.05, 0) is 56.0 Å². The number of thiophene rings is 1. The molecule has 0 fully saturated rings. The Morgan fingerprint density at radius 3 is 2.93 bits per heavy atom. The first-order chi connectivity index (χ1) is 13.6. The second-order valence-corrected chi connectivity index (χ2v) is 8.37. The van der Waals surface area contributed by atoms with Crippen LogP contribution in [-0.2, 0) is 24.2 Å². The van der Waals surface area contributed by atoms with Gasteiger partial charge < -0.3 is 15.0 Å². The van der Waals surface area contributed by atoms with Crippen molar-refractivity contribution in [3.05, 3.63) is 45.8 Å². The largest absolute Gasteiger partial charge is 0.497 e. The van der Waals surface area contributed by atoms with Crippen LogP contribution in [0.25, 0.3) is 0 Å². The molecule has 3 rings (SSSR count). The number of hydrogen-bond acceptors (Lipinski definition) is 5. The van der Waals surface area contributed by atoms with Crippen molar-refractivity contribution in [1.82, 2.24) is 4.90 Å². The number of methoxy groups -OCH3 is 1. The zero-order valence-corrected chi connectivity index (χ0v) is 17.4. The molecule has 1 aromatic heterocycles. The minimum atomic E-state index is -0.0367. The number of benzene rings is 1. The smallest absolute Gasteiger partial charge is 0.226 e. The van der Waals surface area contributed by atoms with E-state index in [0.29, 0.717) is 18.5 Å². The second kappa shape index (κ2) is 9.72. The SMILES string of the molecule is COc1cccc(CN(C)CCC(=O)Nc2sc3c(c2C#N)CCCCC3)c1. The van der Waals surface area contributed by atoms with Gasteiger partial charge in [0.25, 0.3) is 0 Å². The van der Waals surface area contributed by atoms with Crippen molar-refractivity contribution in [1.29, 1.82) is 5.26 Å². The van der Waals surface area contributed by atoms with E-state index in [9.17, 15) is 10.1 Å². The third-order valence-electron chi connectivity index (χ3n) is 5.09. The van der Waals surface area contributed by atoms with Crippen LogP contribution in [0.2, 0.25) is 0 Å². The molecule has 5 nitrogen and oxygen atoms in total. The van der Waals surface area contributed by atoms with Crippen LogP contribution in [0.4, 0.5) is 5.00 Å². The van der Waals surface area contributed by atoms with Crippen LogP contribution < -0.4 is 10.1 Å². The van der Waals surface area contributed by atoms with E-state index < -0.39 is 0 Å². The molecule has 148 valence electrons. The number of carbonyl (C=O) groups excluding carboxylic acids is 1. The number of nitriles is 1. The Morgan fingerprint density at radius 2 is 2.14 bits per heavy atom. The number of fused-ring (bicyclic) bond motifs is 1. The average Bonchev–Trinajstić information content (AvgIpc) is 2.85. The number of aryl methyl sites for hydroxylation is 1. The van der Waals surface area contributed by atoms with Gasteiger partial charge in [0.05, 0.1) is 12.7 Å². The lowest BCUT2D eigenvalue weighted by molar-refractivity contribution is -0.116. The Bertz CT molecular complexity index is 869. The topological polar surface area (TPSA) is 65.4 Å². The summed E-state index contributed by atoms with van der Waals surface area (Å²) in [5, 5.41) is 13.3. The van der Waals surface area contributed by atoms with E-state index in [1.54, 1.807) is 18.4 Å². The van der Waals surface area contributed by atoms with Gasteiger partial charge in [-0.3, -0.25) is 4.79 Å². The molecule has 0 atom stereocenters. The second-order valence-electron chi connectivity index (χ2n) is 7.27. The van der Waals surface area contributed by atoms with Crippen LogP contribution in [0, 0.1) is 11.3 Å². The molecule has 6 heteroatoms. The number of nitrogens with zero attached hydrogens (tertiary/aromatic N) is 2. The van der Waals surface area contributed by atoms with Crippen molar-refractivity contribution < 1.29 is 9.53 Å². The zero-order chi connectivity index (χ0) is 19.9. The highest BCUT2D eigenvalue weighted by molar-refractivity contribution is 7.16. The molecule has 0 aliphatic heterocycles. The summed E-state index contributed by atoms with van der Waals surface area (Å²) in [4.78, 5) is 15.8. The van der Waals surface area contributed by atoms with Crippen LogP contribution in [0.15, 0.2) is 24.3 Å². The molecule has 0 radical (unpaired) electrons. The third-order valence-corrected chi connectivity index (χ3v) is 6.30. The highest BCUT2D eigenvalue weighted by Crippen LogP contribution is 2.37. The lowest BCUT2D eigenvalue weighted by atomic mass is 10.1. The zero-order valence-electron chi connectivity index (χ0n) is 16.6. The van der Waals surface area contributed by atoms with Crippen LogP contribution in [0.1, 0.15) is 47.3 Å². The Labute approximate surface area is 170 Å². The molecule has 0 unspecified atom stereocenters. The molecule has 2 aromatic rings. The molecule has 0 bridgehead atoms. The lowest BCUT2D eigenvalue weighted by Crippen LogP contribution is -2.24. The summed E-state index contributed by atoms with van der Waals surface area (Å²) in [5.74, 6) is 0.801. The number of amides is 1. The van der Waals surface area contributed by atoms with Crippen LogP contribution >= 0.6 is 11.3 Å². The fourth-order valence-electron chi connectivity index (χ4n) is 3.59. The van der Waals surface area contributed by atoms with Crippen molar-refractivity contribution in [2.24, 2.45) is 0 Å². The van der Waals surface area contributed by atoms with Crippen molar-refractivity contribution in [3.63, 3.8) is 0 Å². The summed E-state index contributed by atoms with van der Waals surface area (Å²) >= 11 is 1.59. The van der Waals surface area contributed by atoms with Crippen molar-refractivity contribution in [2.45, 2.75) is 45.1 Å². The summed E-state index contributed by atoms with van der Waals surface area (Å²) in [5.41, 5.74) is 2.99. The maximum Gasteiger partial charge on any atom is 0.226 e.